The van der Waals surface area contributed by atoms with Crippen LogP contribution in [0.25, 0.3) is 11.4 Å². The summed E-state index contributed by atoms with van der Waals surface area (Å²) in [5.41, 5.74) is 1.53. The lowest BCUT2D eigenvalue weighted by molar-refractivity contribution is -0.113. The molecular formula is C25H25N5O3S. The Morgan fingerprint density at radius 2 is 1.76 bits per heavy atom. The van der Waals surface area contributed by atoms with Gasteiger partial charge in [0, 0.05) is 38.2 Å². The minimum absolute atomic E-state index is 0.161. The van der Waals surface area contributed by atoms with Crippen LogP contribution in [0.3, 0.4) is 0 Å². The first-order valence-electron chi connectivity index (χ1n) is 10.8. The van der Waals surface area contributed by atoms with Crippen LogP contribution in [-0.2, 0) is 16.1 Å². The van der Waals surface area contributed by atoms with Gasteiger partial charge >= 0.3 is 0 Å². The van der Waals surface area contributed by atoms with Gasteiger partial charge in [0.1, 0.15) is 5.75 Å². The number of amides is 1. The number of pyridine rings is 1. The zero-order chi connectivity index (χ0) is 23.6. The molecule has 0 bridgehead atoms. The first-order chi connectivity index (χ1) is 16.7. The maximum Gasteiger partial charge on any atom is 0.234 e. The smallest absolute Gasteiger partial charge is 0.234 e. The number of aromatic nitrogens is 4. The topological polar surface area (TPSA) is 91.2 Å². The first-order valence-corrected chi connectivity index (χ1v) is 11.8. The van der Waals surface area contributed by atoms with Crippen molar-refractivity contribution in [1.82, 2.24) is 19.7 Å². The van der Waals surface area contributed by atoms with Crippen molar-refractivity contribution in [1.29, 1.82) is 0 Å². The highest BCUT2D eigenvalue weighted by Gasteiger charge is 2.16. The number of thioether (sulfide) groups is 1. The normalized spacial score (nSPS) is 10.7. The largest absolute Gasteiger partial charge is 0.455 e. The number of rotatable bonds is 11. The molecule has 8 nitrogen and oxygen atoms in total. The Balaban J connectivity index is 1.44. The number of carbonyl (C=O) groups excluding carboxylic acids is 1. The summed E-state index contributed by atoms with van der Waals surface area (Å²) in [6.07, 6.45) is 4.24. The number of para-hydroxylation sites is 3. The van der Waals surface area contributed by atoms with Gasteiger partial charge in [-0.2, -0.15) is 0 Å². The molecule has 1 amide bonds. The molecule has 0 aliphatic carbocycles. The van der Waals surface area contributed by atoms with E-state index in [1.807, 2.05) is 71.3 Å². The summed E-state index contributed by atoms with van der Waals surface area (Å²) in [5, 5.41) is 12.3. The first kappa shape index (κ1) is 23.5. The van der Waals surface area contributed by atoms with E-state index in [-0.39, 0.29) is 11.7 Å². The average Bonchev–Trinajstić information content (AvgIpc) is 3.28. The van der Waals surface area contributed by atoms with Gasteiger partial charge in [-0.05, 0) is 42.8 Å². The number of benzene rings is 2. The lowest BCUT2D eigenvalue weighted by Gasteiger charge is -2.12. The van der Waals surface area contributed by atoms with E-state index in [0.717, 1.165) is 17.8 Å². The van der Waals surface area contributed by atoms with Crippen molar-refractivity contribution >= 4 is 23.4 Å². The molecule has 2 heterocycles. The highest BCUT2D eigenvalue weighted by molar-refractivity contribution is 7.99. The molecule has 0 radical (unpaired) electrons. The van der Waals surface area contributed by atoms with E-state index in [2.05, 4.69) is 20.5 Å². The second kappa shape index (κ2) is 12.0. The molecule has 0 saturated heterocycles. The minimum Gasteiger partial charge on any atom is -0.455 e. The number of nitrogens with one attached hydrogen (secondary N) is 1. The molecule has 174 valence electrons. The van der Waals surface area contributed by atoms with Gasteiger partial charge in [-0.15, -0.1) is 10.2 Å². The molecule has 4 rings (SSSR count). The lowest BCUT2D eigenvalue weighted by Crippen LogP contribution is -2.15. The third kappa shape index (κ3) is 6.21. The zero-order valence-electron chi connectivity index (χ0n) is 18.8. The van der Waals surface area contributed by atoms with E-state index in [9.17, 15) is 4.79 Å². The summed E-state index contributed by atoms with van der Waals surface area (Å²) >= 11 is 1.34. The fourth-order valence-corrected chi connectivity index (χ4v) is 4.03. The second-order valence-corrected chi connectivity index (χ2v) is 8.23. The number of hydrogen-bond acceptors (Lipinski definition) is 7. The number of methoxy groups -OCH3 is 1. The fraction of sp³-hybridized carbons (Fsp3) is 0.200. The SMILES string of the molecule is COCCCn1c(SCC(=O)Nc2ccccc2Oc2ccccc2)nnc1-c1ccncc1. The maximum absolute atomic E-state index is 12.8. The van der Waals surface area contributed by atoms with Gasteiger partial charge in [-0.1, -0.05) is 42.1 Å². The quantitative estimate of drug-likeness (QED) is 0.244. The number of anilines is 1. The molecule has 2 aromatic heterocycles. The van der Waals surface area contributed by atoms with Crippen LogP contribution in [0.4, 0.5) is 5.69 Å². The van der Waals surface area contributed by atoms with Crippen molar-refractivity contribution in [2.45, 2.75) is 18.1 Å². The summed E-state index contributed by atoms with van der Waals surface area (Å²) in [7, 11) is 1.68. The van der Waals surface area contributed by atoms with E-state index < -0.39 is 0 Å². The van der Waals surface area contributed by atoms with E-state index in [1.54, 1.807) is 19.5 Å². The third-order valence-corrected chi connectivity index (χ3v) is 5.82. The molecule has 34 heavy (non-hydrogen) atoms. The third-order valence-electron chi connectivity index (χ3n) is 4.85. The van der Waals surface area contributed by atoms with E-state index in [4.69, 9.17) is 9.47 Å². The molecule has 9 heteroatoms. The van der Waals surface area contributed by atoms with Crippen LogP contribution in [-0.4, -0.2) is 45.1 Å². The van der Waals surface area contributed by atoms with Crippen molar-refractivity contribution in [3.63, 3.8) is 0 Å². The van der Waals surface area contributed by atoms with Crippen LogP contribution in [0.2, 0.25) is 0 Å². The Kier molecular flexibility index (Phi) is 8.26. The lowest BCUT2D eigenvalue weighted by atomic mass is 10.2. The summed E-state index contributed by atoms with van der Waals surface area (Å²) in [5.74, 6) is 2.04. The molecule has 1 N–H and O–H groups in total. The van der Waals surface area contributed by atoms with Gasteiger partial charge in [0.15, 0.2) is 16.7 Å². The molecule has 0 aliphatic heterocycles. The van der Waals surface area contributed by atoms with Crippen LogP contribution in [0.5, 0.6) is 11.5 Å². The van der Waals surface area contributed by atoms with E-state index in [1.165, 1.54) is 11.8 Å². The maximum atomic E-state index is 12.8. The number of ether oxygens (including phenoxy) is 2. The van der Waals surface area contributed by atoms with Crippen LogP contribution >= 0.6 is 11.8 Å². The molecule has 0 fully saturated rings. The van der Waals surface area contributed by atoms with Crippen LogP contribution < -0.4 is 10.1 Å². The van der Waals surface area contributed by atoms with Gasteiger partial charge in [0.2, 0.25) is 5.91 Å². The Hall–Kier alpha value is -3.69. The highest BCUT2D eigenvalue weighted by Crippen LogP contribution is 2.30. The Morgan fingerprint density at radius 1 is 1.00 bits per heavy atom. The standard InChI is InChI=1S/C25H25N5O3S/c1-32-17-7-16-30-24(19-12-14-26-15-13-19)28-29-25(30)34-18-23(31)27-21-10-5-6-11-22(21)33-20-8-3-2-4-9-20/h2-6,8-15H,7,16-18H2,1H3,(H,27,31). The van der Waals surface area contributed by atoms with E-state index in [0.29, 0.717) is 35.5 Å². The molecular weight excluding hydrogens is 450 g/mol. The molecule has 0 atom stereocenters. The van der Waals surface area contributed by atoms with E-state index >= 15 is 0 Å². The summed E-state index contributed by atoms with van der Waals surface area (Å²) in [6.45, 7) is 1.30. The summed E-state index contributed by atoms with van der Waals surface area (Å²) in [6, 6.07) is 20.6. The predicted octanol–water partition coefficient (Wildman–Crippen LogP) is 4.90. The van der Waals surface area contributed by atoms with Crippen molar-refractivity contribution in [2.24, 2.45) is 0 Å². The number of carbonyl (C=O) groups is 1. The van der Waals surface area contributed by atoms with Crippen molar-refractivity contribution in [2.75, 3.05) is 24.8 Å². The summed E-state index contributed by atoms with van der Waals surface area (Å²) in [4.78, 5) is 16.8. The van der Waals surface area contributed by atoms with Crippen molar-refractivity contribution < 1.29 is 14.3 Å². The zero-order valence-corrected chi connectivity index (χ0v) is 19.6. The molecule has 2 aromatic carbocycles. The van der Waals surface area contributed by atoms with Crippen LogP contribution in [0.1, 0.15) is 6.42 Å². The van der Waals surface area contributed by atoms with Crippen LogP contribution in [0, 0.1) is 0 Å². The molecule has 0 unspecified atom stereocenters. The van der Waals surface area contributed by atoms with Crippen molar-refractivity contribution in [3.8, 4) is 22.9 Å². The number of hydrogen-bond donors (Lipinski definition) is 1. The molecule has 0 saturated carbocycles. The average molecular weight is 476 g/mol. The monoisotopic (exact) mass is 475 g/mol. The fourth-order valence-electron chi connectivity index (χ4n) is 3.27. The highest BCUT2D eigenvalue weighted by atomic mass is 32.2. The summed E-state index contributed by atoms with van der Waals surface area (Å²) < 4.78 is 13.1. The molecule has 0 aliphatic rings. The van der Waals surface area contributed by atoms with Gasteiger partial charge in [0.05, 0.1) is 11.4 Å². The molecule has 0 spiro atoms. The van der Waals surface area contributed by atoms with Gasteiger partial charge in [0.25, 0.3) is 0 Å². The predicted molar refractivity (Wildman–Crippen MR) is 132 cm³/mol. The second-order valence-electron chi connectivity index (χ2n) is 7.29. The Morgan fingerprint density at radius 3 is 2.56 bits per heavy atom. The van der Waals surface area contributed by atoms with Crippen molar-refractivity contribution in [3.05, 3.63) is 79.1 Å². The van der Waals surface area contributed by atoms with Gasteiger partial charge < -0.3 is 19.4 Å². The van der Waals surface area contributed by atoms with Gasteiger partial charge in [-0.3, -0.25) is 9.78 Å². The Bertz CT molecular complexity index is 1200. The number of nitrogens with zero attached hydrogens (tertiary/aromatic N) is 4. The molecule has 4 aromatic rings. The van der Waals surface area contributed by atoms with Crippen LogP contribution in [0.15, 0.2) is 84.3 Å². The minimum atomic E-state index is -0.161. The van der Waals surface area contributed by atoms with Gasteiger partial charge in [-0.25, -0.2) is 0 Å². The Labute approximate surface area is 202 Å².